The van der Waals surface area contributed by atoms with Crippen molar-refractivity contribution < 1.29 is 27.5 Å². The Balaban J connectivity index is 1.67. The molecular weight excluding hydrogens is 444 g/mol. The molecule has 0 amide bonds. The first-order valence-corrected chi connectivity index (χ1v) is 9.32. The highest BCUT2D eigenvalue weighted by molar-refractivity contribution is 6.31. The lowest BCUT2D eigenvalue weighted by atomic mass is 10.2. The molecular formula is C18H17ClF4N6O2. The zero-order valence-electron chi connectivity index (χ0n) is 15.8. The van der Waals surface area contributed by atoms with E-state index in [2.05, 4.69) is 35.5 Å². The number of hydrogen-bond donors (Lipinski definition) is 4. The molecule has 0 atom stereocenters. The molecule has 3 aromatic rings. The third-order valence-electron chi connectivity index (χ3n) is 3.95. The molecule has 0 aliphatic rings. The van der Waals surface area contributed by atoms with Gasteiger partial charge in [0.2, 0.25) is 5.95 Å². The lowest BCUT2D eigenvalue weighted by molar-refractivity contribution is -0.173. The molecule has 2 aromatic heterocycles. The lowest BCUT2D eigenvalue weighted by Crippen LogP contribution is -2.18. The van der Waals surface area contributed by atoms with Crippen molar-refractivity contribution in [1.82, 2.24) is 15.0 Å². The third-order valence-corrected chi connectivity index (χ3v) is 4.24. The Kier molecular flexibility index (Phi) is 7.13. The van der Waals surface area contributed by atoms with Crippen LogP contribution in [0, 0.1) is 5.82 Å². The number of aromatic amines is 1. The van der Waals surface area contributed by atoms with E-state index in [1.807, 2.05) is 0 Å². The zero-order valence-corrected chi connectivity index (χ0v) is 16.6. The van der Waals surface area contributed by atoms with E-state index < -0.39 is 18.6 Å². The van der Waals surface area contributed by atoms with Crippen LogP contribution in [0.2, 0.25) is 5.02 Å². The summed E-state index contributed by atoms with van der Waals surface area (Å²) in [5, 5.41) is 18.4. The summed E-state index contributed by atoms with van der Waals surface area (Å²) in [6, 6.07) is 5.49. The first-order valence-electron chi connectivity index (χ1n) is 8.94. The number of halogens is 5. The lowest BCUT2D eigenvalue weighted by Gasteiger charge is -2.09. The predicted octanol–water partition coefficient (Wildman–Crippen LogP) is 4.38. The van der Waals surface area contributed by atoms with Crippen LogP contribution in [-0.4, -0.2) is 51.9 Å². The molecule has 8 nitrogen and oxygen atoms in total. The highest BCUT2D eigenvalue weighted by Gasteiger charge is 2.27. The SMILES string of the molecule is O/N=C(/Nc1ccc(F)c(Cl)c1)c1ccnc2nc(NCCCOCC(F)(F)F)[nH]c12. The van der Waals surface area contributed by atoms with E-state index in [1.165, 1.54) is 24.4 Å². The molecule has 0 bridgehead atoms. The number of hydrogen-bond acceptors (Lipinski definition) is 6. The second-order valence-electron chi connectivity index (χ2n) is 6.29. The van der Waals surface area contributed by atoms with Crippen LogP contribution in [0.1, 0.15) is 12.0 Å². The fourth-order valence-electron chi connectivity index (χ4n) is 2.62. The minimum Gasteiger partial charge on any atom is -0.409 e. The molecule has 2 heterocycles. The second-order valence-corrected chi connectivity index (χ2v) is 6.70. The standard InChI is InChI=1S/C18H17ClF4N6O2/c19-12-8-10(2-3-13(12)20)26-15(29-30)11-4-6-24-16-14(11)27-17(28-16)25-5-1-7-31-9-18(21,22)23/h2-4,6,8,30H,1,5,7,9H2,(H,26,29)(H2,24,25,27,28). The number of oxime groups is 1. The number of H-pyrrole nitrogens is 1. The number of nitrogens with zero attached hydrogens (tertiary/aromatic N) is 3. The number of nitrogens with one attached hydrogen (secondary N) is 3. The highest BCUT2D eigenvalue weighted by atomic mass is 35.5. The van der Waals surface area contributed by atoms with Gasteiger partial charge in [0.1, 0.15) is 12.4 Å². The number of aromatic nitrogens is 3. The van der Waals surface area contributed by atoms with E-state index in [0.29, 0.717) is 41.3 Å². The van der Waals surface area contributed by atoms with Crippen molar-refractivity contribution in [2.75, 3.05) is 30.4 Å². The molecule has 0 aliphatic carbocycles. The van der Waals surface area contributed by atoms with Gasteiger partial charge in [0.25, 0.3) is 0 Å². The van der Waals surface area contributed by atoms with Gasteiger partial charge in [0.15, 0.2) is 11.5 Å². The quantitative estimate of drug-likeness (QED) is 0.0992. The normalized spacial score (nSPS) is 12.4. The molecule has 1 aromatic carbocycles. The number of benzene rings is 1. The molecule has 13 heteroatoms. The first-order chi connectivity index (χ1) is 14.8. The Labute approximate surface area is 178 Å². The van der Waals surface area contributed by atoms with E-state index >= 15 is 0 Å². The minimum absolute atomic E-state index is 0.0332. The fraction of sp³-hybridized carbons (Fsp3) is 0.278. The predicted molar refractivity (Wildman–Crippen MR) is 107 cm³/mol. The summed E-state index contributed by atoms with van der Waals surface area (Å²) in [7, 11) is 0. The number of anilines is 2. The van der Waals surface area contributed by atoms with E-state index in [-0.39, 0.29) is 17.5 Å². The molecule has 0 spiro atoms. The molecule has 31 heavy (non-hydrogen) atoms. The van der Waals surface area contributed by atoms with Gasteiger partial charge in [-0.05, 0) is 30.7 Å². The minimum atomic E-state index is -4.35. The number of pyridine rings is 1. The van der Waals surface area contributed by atoms with Crippen LogP contribution >= 0.6 is 11.6 Å². The molecule has 0 saturated carbocycles. The number of amidine groups is 1. The van der Waals surface area contributed by atoms with Gasteiger partial charge >= 0.3 is 6.18 Å². The van der Waals surface area contributed by atoms with Crippen LogP contribution in [0.3, 0.4) is 0 Å². The Hall–Kier alpha value is -3.12. The van der Waals surface area contributed by atoms with Gasteiger partial charge in [-0.15, -0.1) is 0 Å². The summed E-state index contributed by atoms with van der Waals surface area (Å²) < 4.78 is 54.0. The van der Waals surface area contributed by atoms with Gasteiger partial charge in [-0.3, -0.25) is 0 Å². The molecule has 0 saturated heterocycles. The Morgan fingerprint density at radius 3 is 2.81 bits per heavy atom. The highest BCUT2D eigenvalue weighted by Crippen LogP contribution is 2.22. The van der Waals surface area contributed by atoms with Crippen LogP contribution < -0.4 is 10.6 Å². The summed E-state index contributed by atoms with van der Waals surface area (Å²) in [5.74, 6) is -0.229. The molecule has 0 aliphatic heterocycles. The summed E-state index contributed by atoms with van der Waals surface area (Å²) in [5.41, 5.74) is 1.56. The molecule has 166 valence electrons. The van der Waals surface area contributed by atoms with Crippen LogP contribution in [0.15, 0.2) is 35.6 Å². The average molecular weight is 461 g/mol. The van der Waals surface area contributed by atoms with Gasteiger partial charge in [-0.1, -0.05) is 16.8 Å². The number of fused-ring (bicyclic) bond motifs is 1. The summed E-state index contributed by atoms with van der Waals surface area (Å²) in [6.45, 7) is -1.05. The van der Waals surface area contributed by atoms with Crippen LogP contribution in [0.5, 0.6) is 0 Å². The van der Waals surface area contributed by atoms with Gasteiger partial charge in [-0.25, -0.2) is 9.37 Å². The first kappa shape index (κ1) is 22.6. The smallest absolute Gasteiger partial charge is 0.409 e. The third kappa shape index (κ3) is 6.18. The average Bonchev–Trinajstić information content (AvgIpc) is 3.13. The van der Waals surface area contributed by atoms with Crippen molar-refractivity contribution in [3.63, 3.8) is 0 Å². The molecule has 0 radical (unpaired) electrons. The number of alkyl halides is 3. The number of imidazole rings is 1. The summed E-state index contributed by atoms with van der Waals surface area (Å²) in [6.07, 6.45) is -2.57. The molecule has 0 fully saturated rings. The summed E-state index contributed by atoms with van der Waals surface area (Å²) in [4.78, 5) is 11.4. The maximum atomic E-state index is 13.3. The number of rotatable bonds is 8. The molecule has 0 unspecified atom stereocenters. The van der Waals surface area contributed by atoms with Crippen molar-refractivity contribution in [1.29, 1.82) is 0 Å². The van der Waals surface area contributed by atoms with Crippen molar-refractivity contribution in [2.45, 2.75) is 12.6 Å². The van der Waals surface area contributed by atoms with E-state index in [4.69, 9.17) is 11.6 Å². The maximum Gasteiger partial charge on any atom is 0.411 e. The van der Waals surface area contributed by atoms with E-state index in [1.54, 1.807) is 6.07 Å². The maximum absolute atomic E-state index is 13.3. The Bertz CT molecular complexity index is 1070. The Morgan fingerprint density at radius 2 is 2.10 bits per heavy atom. The fourth-order valence-corrected chi connectivity index (χ4v) is 2.80. The largest absolute Gasteiger partial charge is 0.411 e. The van der Waals surface area contributed by atoms with Crippen LogP contribution in [-0.2, 0) is 4.74 Å². The van der Waals surface area contributed by atoms with Crippen molar-refractivity contribution >= 4 is 40.2 Å². The van der Waals surface area contributed by atoms with Gasteiger partial charge in [0, 0.05) is 30.6 Å². The van der Waals surface area contributed by atoms with Gasteiger partial charge in [0.05, 0.1) is 10.5 Å². The van der Waals surface area contributed by atoms with Crippen molar-refractivity contribution in [3.05, 3.63) is 46.9 Å². The van der Waals surface area contributed by atoms with Crippen LogP contribution in [0.4, 0.5) is 29.2 Å². The van der Waals surface area contributed by atoms with Crippen molar-refractivity contribution in [2.24, 2.45) is 5.16 Å². The van der Waals surface area contributed by atoms with E-state index in [9.17, 15) is 22.8 Å². The summed E-state index contributed by atoms with van der Waals surface area (Å²) >= 11 is 5.77. The monoisotopic (exact) mass is 460 g/mol. The van der Waals surface area contributed by atoms with E-state index in [0.717, 1.165) is 0 Å². The molecule has 4 N–H and O–H groups in total. The van der Waals surface area contributed by atoms with Crippen molar-refractivity contribution in [3.8, 4) is 0 Å². The zero-order chi connectivity index (χ0) is 22.4. The second kappa shape index (κ2) is 9.79. The van der Waals surface area contributed by atoms with Gasteiger partial charge < -0.3 is 25.6 Å². The van der Waals surface area contributed by atoms with Gasteiger partial charge in [-0.2, -0.15) is 18.2 Å². The molecule has 3 rings (SSSR count). The topological polar surface area (TPSA) is 107 Å². The van der Waals surface area contributed by atoms with Crippen LogP contribution in [0.25, 0.3) is 11.2 Å². The Morgan fingerprint density at radius 1 is 1.29 bits per heavy atom. The number of ether oxygens (including phenoxy) is 1.